The molecule has 2 unspecified atom stereocenters. The molecule has 2 rings (SSSR count). The lowest BCUT2D eigenvalue weighted by Crippen LogP contribution is -2.59. The molecule has 2 atom stereocenters. The van der Waals surface area contributed by atoms with E-state index in [-0.39, 0.29) is 0 Å². The number of piperidine rings is 2. The van der Waals surface area contributed by atoms with Gasteiger partial charge in [-0.15, -0.1) is 0 Å². The highest BCUT2D eigenvalue weighted by Crippen LogP contribution is 2.32. The lowest BCUT2D eigenvalue weighted by atomic mass is 9.78. The van der Waals surface area contributed by atoms with Crippen LogP contribution in [0.4, 0.5) is 0 Å². The van der Waals surface area contributed by atoms with Crippen molar-refractivity contribution in [3.8, 4) is 0 Å². The second-order valence-corrected chi connectivity index (χ2v) is 6.37. The van der Waals surface area contributed by atoms with Crippen LogP contribution < -0.4 is 5.32 Å². The fourth-order valence-corrected chi connectivity index (χ4v) is 3.29. The standard InChI is InChI=1S/C14H28N2O/c1-11(2)16-8-5-14(17,6-9-16)13-10-12(3)4-7-15-13/h11-13,15,17H,4-10H2,1-3H3. The van der Waals surface area contributed by atoms with Crippen LogP contribution in [0.5, 0.6) is 0 Å². The highest BCUT2D eigenvalue weighted by molar-refractivity contribution is 4.98. The Bertz CT molecular complexity index is 247. The van der Waals surface area contributed by atoms with Crippen molar-refractivity contribution in [2.24, 2.45) is 5.92 Å². The Hall–Kier alpha value is -0.120. The van der Waals surface area contributed by atoms with Crippen molar-refractivity contribution < 1.29 is 5.11 Å². The molecule has 3 heteroatoms. The Morgan fingerprint density at radius 3 is 2.47 bits per heavy atom. The molecule has 0 aromatic heterocycles. The molecule has 0 radical (unpaired) electrons. The van der Waals surface area contributed by atoms with Crippen LogP contribution in [0.15, 0.2) is 0 Å². The van der Waals surface area contributed by atoms with E-state index in [4.69, 9.17) is 0 Å². The monoisotopic (exact) mass is 240 g/mol. The van der Waals surface area contributed by atoms with E-state index in [2.05, 4.69) is 31.0 Å². The normalized spacial score (nSPS) is 35.1. The first kappa shape index (κ1) is 13.3. The van der Waals surface area contributed by atoms with Crippen molar-refractivity contribution in [3.05, 3.63) is 0 Å². The van der Waals surface area contributed by atoms with Gasteiger partial charge in [0.25, 0.3) is 0 Å². The second-order valence-electron chi connectivity index (χ2n) is 6.37. The van der Waals surface area contributed by atoms with E-state index in [0.717, 1.165) is 44.8 Å². The minimum absolute atomic E-state index is 0.320. The first-order chi connectivity index (χ1) is 8.01. The predicted molar refractivity (Wildman–Crippen MR) is 71.1 cm³/mol. The molecule has 0 saturated carbocycles. The van der Waals surface area contributed by atoms with Crippen molar-refractivity contribution in [2.75, 3.05) is 19.6 Å². The van der Waals surface area contributed by atoms with E-state index in [1.54, 1.807) is 0 Å². The number of hydrogen-bond donors (Lipinski definition) is 2. The topological polar surface area (TPSA) is 35.5 Å². The molecule has 2 aliphatic rings. The van der Waals surface area contributed by atoms with E-state index in [9.17, 15) is 5.11 Å². The lowest BCUT2D eigenvalue weighted by molar-refractivity contribution is -0.0648. The van der Waals surface area contributed by atoms with Gasteiger partial charge in [-0.25, -0.2) is 0 Å². The summed E-state index contributed by atoms with van der Waals surface area (Å²) in [6, 6.07) is 0.929. The summed E-state index contributed by atoms with van der Waals surface area (Å²) in [4.78, 5) is 2.47. The maximum Gasteiger partial charge on any atom is 0.0824 e. The van der Waals surface area contributed by atoms with E-state index in [0.29, 0.717) is 12.1 Å². The fourth-order valence-electron chi connectivity index (χ4n) is 3.29. The molecule has 100 valence electrons. The van der Waals surface area contributed by atoms with Gasteiger partial charge in [0.1, 0.15) is 0 Å². The zero-order chi connectivity index (χ0) is 12.5. The molecular formula is C14H28N2O. The lowest BCUT2D eigenvalue weighted by Gasteiger charge is -2.46. The van der Waals surface area contributed by atoms with Gasteiger partial charge >= 0.3 is 0 Å². The highest BCUT2D eigenvalue weighted by Gasteiger charge is 2.41. The fraction of sp³-hybridized carbons (Fsp3) is 1.00. The Labute approximate surface area is 106 Å². The summed E-state index contributed by atoms with van der Waals surface area (Å²) in [6.45, 7) is 9.94. The minimum Gasteiger partial charge on any atom is -0.388 e. The summed E-state index contributed by atoms with van der Waals surface area (Å²) in [7, 11) is 0. The van der Waals surface area contributed by atoms with Gasteiger partial charge in [0, 0.05) is 25.2 Å². The van der Waals surface area contributed by atoms with Gasteiger partial charge in [-0.2, -0.15) is 0 Å². The van der Waals surface area contributed by atoms with E-state index < -0.39 is 5.60 Å². The molecule has 2 N–H and O–H groups in total. The third-order valence-corrected chi connectivity index (χ3v) is 4.71. The Morgan fingerprint density at radius 1 is 1.29 bits per heavy atom. The van der Waals surface area contributed by atoms with Crippen LogP contribution in [0.25, 0.3) is 0 Å². The predicted octanol–water partition coefficient (Wildman–Crippen LogP) is 1.61. The molecule has 0 amide bonds. The van der Waals surface area contributed by atoms with Gasteiger partial charge in [-0.1, -0.05) is 6.92 Å². The van der Waals surface area contributed by atoms with Crippen molar-refractivity contribution >= 4 is 0 Å². The quantitative estimate of drug-likeness (QED) is 0.770. The molecule has 2 fully saturated rings. The summed E-state index contributed by atoms with van der Waals surface area (Å²) in [5, 5.41) is 14.4. The third kappa shape index (κ3) is 3.01. The van der Waals surface area contributed by atoms with Gasteiger partial charge in [0.05, 0.1) is 5.60 Å². The zero-order valence-corrected chi connectivity index (χ0v) is 11.6. The van der Waals surface area contributed by atoms with Gasteiger partial charge in [0.15, 0.2) is 0 Å². The summed E-state index contributed by atoms with van der Waals surface area (Å²) < 4.78 is 0. The molecule has 2 aliphatic heterocycles. The molecule has 0 aromatic carbocycles. The molecular weight excluding hydrogens is 212 g/mol. The van der Waals surface area contributed by atoms with E-state index >= 15 is 0 Å². The Morgan fingerprint density at radius 2 is 1.94 bits per heavy atom. The van der Waals surface area contributed by atoms with Crippen molar-refractivity contribution in [1.29, 1.82) is 0 Å². The summed E-state index contributed by atoms with van der Waals surface area (Å²) in [5.41, 5.74) is -0.458. The minimum atomic E-state index is -0.458. The van der Waals surface area contributed by atoms with Gasteiger partial charge in [0.2, 0.25) is 0 Å². The summed E-state index contributed by atoms with van der Waals surface area (Å²) in [6.07, 6.45) is 4.24. The zero-order valence-electron chi connectivity index (χ0n) is 11.6. The van der Waals surface area contributed by atoms with Crippen LogP contribution in [-0.2, 0) is 0 Å². The maximum atomic E-state index is 10.8. The van der Waals surface area contributed by atoms with Crippen LogP contribution in [0.1, 0.15) is 46.5 Å². The smallest absolute Gasteiger partial charge is 0.0824 e. The van der Waals surface area contributed by atoms with E-state index in [1.165, 1.54) is 6.42 Å². The average Bonchev–Trinajstić information content (AvgIpc) is 2.29. The van der Waals surface area contributed by atoms with Crippen molar-refractivity contribution in [1.82, 2.24) is 10.2 Å². The molecule has 17 heavy (non-hydrogen) atoms. The molecule has 3 nitrogen and oxygen atoms in total. The first-order valence-corrected chi connectivity index (χ1v) is 7.21. The van der Waals surface area contributed by atoms with Crippen LogP contribution in [0, 0.1) is 5.92 Å². The van der Waals surface area contributed by atoms with Crippen molar-refractivity contribution in [3.63, 3.8) is 0 Å². The van der Waals surface area contributed by atoms with Gasteiger partial charge in [-0.3, -0.25) is 0 Å². The molecule has 0 spiro atoms. The molecule has 2 saturated heterocycles. The SMILES string of the molecule is CC1CCNC(C2(O)CCN(C(C)C)CC2)C1. The molecule has 0 aliphatic carbocycles. The summed E-state index contributed by atoms with van der Waals surface area (Å²) >= 11 is 0. The maximum absolute atomic E-state index is 10.8. The van der Waals surface area contributed by atoms with Gasteiger partial charge in [-0.05, 0) is 52.0 Å². The van der Waals surface area contributed by atoms with Crippen LogP contribution in [0.2, 0.25) is 0 Å². The van der Waals surface area contributed by atoms with Crippen molar-refractivity contribution in [2.45, 2.75) is 64.1 Å². The van der Waals surface area contributed by atoms with Crippen LogP contribution in [0.3, 0.4) is 0 Å². The Balaban J connectivity index is 1.92. The van der Waals surface area contributed by atoms with Crippen LogP contribution in [-0.4, -0.2) is 47.3 Å². The van der Waals surface area contributed by atoms with Crippen LogP contribution >= 0.6 is 0 Å². The highest BCUT2D eigenvalue weighted by atomic mass is 16.3. The molecule has 0 aromatic rings. The summed E-state index contributed by atoms with van der Waals surface area (Å²) in [5.74, 6) is 0.758. The largest absolute Gasteiger partial charge is 0.388 e. The third-order valence-electron chi connectivity index (χ3n) is 4.71. The number of likely N-dealkylation sites (tertiary alicyclic amines) is 1. The number of nitrogens with zero attached hydrogens (tertiary/aromatic N) is 1. The number of rotatable bonds is 2. The molecule has 0 bridgehead atoms. The number of aliphatic hydroxyl groups is 1. The number of nitrogens with one attached hydrogen (secondary N) is 1. The molecule has 2 heterocycles. The first-order valence-electron chi connectivity index (χ1n) is 7.21. The second kappa shape index (κ2) is 5.25. The number of hydrogen-bond acceptors (Lipinski definition) is 3. The van der Waals surface area contributed by atoms with E-state index in [1.807, 2.05) is 0 Å². The Kier molecular flexibility index (Phi) is 4.11. The van der Waals surface area contributed by atoms with Gasteiger partial charge < -0.3 is 15.3 Å². The average molecular weight is 240 g/mol.